The molecule has 0 saturated carbocycles. The number of rotatable bonds is 1. The maximum atomic E-state index is 10.9. The van der Waals surface area contributed by atoms with E-state index in [-0.39, 0.29) is 6.54 Å². The largest absolute Gasteiger partial charge is 0.620 e. The predicted molar refractivity (Wildman–Crippen MR) is 32.8 cm³/mol. The minimum Gasteiger partial charge on any atom is -0.620 e. The Morgan fingerprint density at radius 2 is 2.33 bits per heavy atom. The standard InChI is InChI=1S/C6H7NO2/c8-6-7(9)4-2-1-3-5-7/h1-4,6H,5H2. The number of carbonyl (C=O) groups excluding carboxylic acids is 1. The Hall–Kier alpha value is -0.930. The summed E-state index contributed by atoms with van der Waals surface area (Å²) >= 11 is 0. The smallest absolute Gasteiger partial charge is 0.306 e. The van der Waals surface area contributed by atoms with E-state index >= 15 is 0 Å². The van der Waals surface area contributed by atoms with Gasteiger partial charge < -0.3 is 5.21 Å². The first-order valence-corrected chi connectivity index (χ1v) is 2.66. The zero-order valence-electron chi connectivity index (χ0n) is 4.86. The molecule has 0 aliphatic carbocycles. The van der Waals surface area contributed by atoms with Crippen molar-refractivity contribution < 1.29 is 9.44 Å². The van der Waals surface area contributed by atoms with Crippen LogP contribution in [0.5, 0.6) is 0 Å². The van der Waals surface area contributed by atoms with E-state index in [4.69, 9.17) is 0 Å². The lowest BCUT2D eigenvalue weighted by Gasteiger charge is -2.31. The molecule has 1 amide bonds. The van der Waals surface area contributed by atoms with Crippen LogP contribution in [0.25, 0.3) is 0 Å². The highest BCUT2D eigenvalue weighted by atomic mass is 16.6. The monoisotopic (exact) mass is 125 g/mol. The molecule has 0 bridgehead atoms. The molecule has 1 atom stereocenters. The molecule has 0 aromatic heterocycles. The van der Waals surface area contributed by atoms with E-state index in [0.29, 0.717) is 6.41 Å². The first kappa shape index (κ1) is 6.19. The first-order chi connectivity index (χ1) is 4.27. The van der Waals surface area contributed by atoms with E-state index in [1.807, 2.05) is 0 Å². The lowest BCUT2D eigenvalue weighted by atomic mass is 10.4. The number of carbonyl (C=O) groups is 1. The van der Waals surface area contributed by atoms with Crippen LogP contribution >= 0.6 is 0 Å². The van der Waals surface area contributed by atoms with Crippen molar-refractivity contribution in [2.75, 3.05) is 6.54 Å². The van der Waals surface area contributed by atoms with Crippen molar-refractivity contribution >= 4 is 6.41 Å². The minimum absolute atomic E-state index is 0.222. The Morgan fingerprint density at radius 3 is 2.67 bits per heavy atom. The molecule has 1 aliphatic rings. The molecule has 9 heavy (non-hydrogen) atoms. The number of amides is 1. The van der Waals surface area contributed by atoms with E-state index in [0.717, 1.165) is 0 Å². The lowest BCUT2D eigenvalue weighted by molar-refractivity contribution is -0.732. The number of hydrogen-bond acceptors (Lipinski definition) is 2. The lowest BCUT2D eigenvalue weighted by Crippen LogP contribution is -2.35. The highest BCUT2D eigenvalue weighted by Gasteiger charge is 2.10. The average Bonchev–Trinajstić information content (AvgIpc) is 1.90. The van der Waals surface area contributed by atoms with Gasteiger partial charge in [-0.2, -0.15) is 0 Å². The highest BCUT2D eigenvalue weighted by molar-refractivity contribution is 5.40. The molecule has 1 aliphatic heterocycles. The quantitative estimate of drug-likeness (QED) is 0.291. The second-order valence-corrected chi connectivity index (χ2v) is 1.91. The van der Waals surface area contributed by atoms with Gasteiger partial charge >= 0.3 is 6.41 Å². The molecule has 48 valence electrons. The second kappa shape index (κ2) is 2.13. The van der Waals surface area contributed by atoms with Gasteiger partial charge in [-0.3, -0.25) is 4.65 Å². The summed E-state index contributed by atoms with van der Waals surface area (Å²) in [5, 5.41) is 10.9. The number of quaternary nitrogens is 1. The van der Waals surface area contributed by atoms with Crippen LogP contribution in [-0.4, -0.2) is 17.6 Å². The van der Waals surface area contributed by atoms with Crippen LogP contribution in [0.15, 0.2) is 24.4 Å². The highest BCUT2D eigenvalue weighted by Crippen LogP contribution is 2.05. The summed E-state index contributed by atoms with van der Waals surface area (Å²) in [6.07, 6.45) is 6.68. The van der Waals surface area contributed by atoms with E-state index in [2.05, 4.69) is 0 Å². The molecule has 0 fully saturated rings. The Morgan fingerprint density at radius 1 is 1.56 bits per heavy atom. The van der Waals surface area contributed by atoms with Crippen LogP contribution in [0.4, 0.5) is 0 Å². The van der Waals surface area contributed by atoms with Gasteiger partial charge in [-0.05, 0) is 12.2 Å². The fraction of sp³-hybridized carbons (Fsp3) is 0.167. The molecule has 0 spiro atoms. The summed E-state index contributed by atoms with van der Waals surface area (Å²) in [5.41, 5.74) is 0. The van der Waals surface area contributed by atoms with Crippen molar-refractivity contribution in [1.82, 2.24) is 0 Å². The topological polar surface area (TPSA) is 40.1 Å². The predicted octanol–water partition coefficient (Wildman–Crippen LogP) is 0.541. The van der Waals surface area contributed by atoms with Crippen molar-refractivity contribution in [3.63, 3.8) is 0 Å². The molecule has 3 nitrogen and oxygen atoms in total. The summed E-state index contributed by atoms with van der Waals surface area (Å²) in [6.45, 7) is 0.222. The van der Waals surface area contributed by atoms with E-state index in [1.165, 1.54) is 6.20 Å². The Labute approximate surface area is 53.1 Å². The molecule has 1 heterocycles. The van der Waals surface area contributed by atoms with Gasteiger partial charge in [-0.1, -0.05) is 6.08 Å². The maximum absolute atomic E-state index is 10.9. The summed E-state index contributed by atoms with van der Waals surface area (Å²) in [6, 6.07) is 0. The van der Waals surface area contributed by atoms with Gasteiger partial charge in [0.1, 0.15) is 12.7 Å². The Balaban J connectivity index is 2.73. The van der Waals surface area contributed by atoms with Crippen LogP contribution < -0.4 is 0 Å². The molecular weight excluding hydrogens is 118 g/mol. The molecule has 0 N–H and O–H groups in total. The SMILES string of the molecule is O=C[N+]1([O-])C=CC=CC1. The zero-order valence-corrected chi connectivity index (χ0v) is 4.86. The summed E-state index contributed by atoms with van der Waals surface area (Å²) in [7, 11) is 0. The fourth-order valence-electron chi connectivity index (χ4n) is 0.639. The van der Waals surface area contributed by atoms with Crippen LogP contribution in [-0.2, 0) is 4.79 Å². The van der Waals surface area contributed by atoms with Crippen molar-refractivity contribution in [1.29, 1.82) is 0 Å². The van der Waals surface area contributed by atoms with Gasteiger partial charge in [-0.25, -0.2) is 4.79 Å². The molecule has 0 aromatic carbocycles. The molecule has 0 aromatic rings. The third-order valence-electron chi connectivity index (χ3n) is 1.15. The van der Waals surface area contributed by atoms with E-state index in [1.54, 1.807) is 18.2 Å². The van der Waals surface area contributed by atoms with E-state index < -0.39 is 4.65 Å². The number of allylic oxidation sites excluding steroid dienone is 2. The van der Waals surface area contributed by atoms with E-state index in [9.17, 15) is 10.0 Å². The Bertz CT molecular complexity index is 174. The van der Waals surface area contributed by atoms with Crippen molar-refractivity contribution in [3.05, 3.63) is 29.6 Å². The molecule has 1 rings (SSSR count). The second-order valence-electron chi connectivity index (χ2n) is 1.91. The van der Waals surface area contributed by atoms with Crippen molar-refractivity contribution in [3.8, 4) is 0 Å². The van der Waals surface area contributed by atoms with Gasteiger partial charge in [-0.15, -0.1) is 0 Å². The van der Waals surface area contributed by atoms with Crippen LogP contribution in [0.3, 0.4) is 0 Å². The molecule has 0 saturated heterocycles. The van der Waals surface area contributed by atoms with Gasteiger partial charge in [0.05, 0.1) is 0 Å². The number of hydrogen-bond donors (Lipinski definition) is 0. The average molecular weight is 125 g/mol. The fourth-order valence-corrected chi connectivity index (χ4v) is 0.639. The normalized spacial score (nSPS) is 32.6. The van der Waals surface area contributed by atoms with Crippen LogP contribution in [0.2, 0.25) is 0 Å². The summed E-state index contributed by atoms with van der Waals surface area (Å²) in [4.78, 5) is 10.1. The van der Waals surface area contributed by atoms with Gasteiger partial charge in [0, 0.05) is 0 Å². The van der Waals surface area contributed by atoms with Gasteiger partial charge in [0.25, 0.3) is 0 Å². The zero-order chi connectivity index (χ0) is 6.74. The summed E-state index contributed by atoms with van der Waals surface area (Å²) < 4.78 is -0.878. The molecule has 3 heteroatoms. The van der Waals surface area contributed by atoms with Crippen LogP contribution in [0, 0.1) is 5.21 Å². The molecule has 0 radical (unpaired) electrons. The molecular formula is C6H7NO2. The maximum Gasteiger partial charge on any atom is 0.306 e. The number of hydroxylamine groups is 3. The summed E-state index contributed by atoms with van der Waals surface area (Å²) in [5.74, 6) is 0. The van der Waals surface area contributed by atoms with Gasteiger partial charge in [0.15, 0.2) is 0 Å². The minimum atomic E-state index is -0.878. The third-order valence-corrected chi connectivity index (χ3v) is 1.15. The van der Waals surface area contributed by atoms with Gasteiger partial charge in [0.2, 0.25) is 0 Å². The number of nitrogens with zero attached hydrogens (tertiary/aromatic N) is 1. The third kappa shape index (κ3) is 1.25. The van der Waals surface area contributed by atoms with Crippen LogP contribution in [0.1, 0.15) is 0 Å². The first-order valence-electron chi connectivity index (χ1n) is 2.66. The Kier molecular flexibility index (Phi) is 1.46. The molecule has 1 unspecified atom stereocenters. The van der Waals surface area contributed by atoms with Crippen molar-refractivity contribution in [2.24, 2.45) is 0 Å². The van der Waals surface area contributed by atoms with Crippen molar-refractivity contribution in [2.45, 2.75) is 0 Å².